The van der Waals surface area contributed by atoms with Gasteiger partial charge in [-0.3, -0.25) is 4.79 Å². The van der Waals surface area contributed by atoms with E-state index in [0.29, 0.717) is 23.9 Å². The average molecular weight is 372 g/mol. The minimum absolute atomic E-state index is 0. The lowest BCUT2D eigenvalue weighted by molar-refractivity contribution is -0.131. The van der Waals surface area contributed by atoms with E-state index in [9.17, 15) is 4.79 Å². The van der Waals surface area contributed by atoms with Crippen LogP contribution < -0.4 is 5.73 Å². The van der Waals surface area contributed by atoms with Gasteiger partial charge in [0, 0.05) is 24.7 Å². The van der Waals surface area contributed by atoms with Crippen molar-refractivity contribution < 1.29 is 9.21 Å². The van der Waals surface area contributed by atoms with Gasteiger partial charge < -0.3 is 15.1 Å². The number of benzene rings is 1. The maximum absolute atomic E-state index is 12.4. The number of aryl methyl sites for hydroxylation is 1. The first-order valence-corrected chi connectivity index (χ1v) is 7.68. The van der Waals surface area contributed by atoms with Crippen molar-refractivity contribution in [3.8, 4) is 11.5 Å². The molecule has 1 fully saturated rings. The number of hydrogen-bond acceptors (Lipinski definition) is 4. The first kappa shape index (κ1) is 20.5. The fourth-order valence-electron chi connectivity index (χ4n) is 2.79. The van der Waals surface area contributed by atoms with Gasteiger partial charge in [0.25, 0.3) is 0 Å². The molecule has 2 heterocycles. The Hall–Kier alpha value is -1.56. The van der Waals surface area contributed by atoms with Crippen LogP contribution in [0.4, 0.5) is 0 Å². The topological polar surface area (TPSA) is 72.4 Å². The number of oxazole rings is 1. The molecule has 1 aliphatic heterocycles. The summed E-state index contributed by atoms with van der Waals surface area (Å²) in [5, 5.41) is 0. The van der Waals surface area contributed by atoms with Gasteiger partial charge in [0.15, 0.2) is 0 Å². The highest BCUT2D eigenvalue weighted by Gasteiger charge is 2.23. The molecule has 0 radical (unpaired) electrons. The van der Waals surface area contributed by atoms with Crippen molar-refractivity contribution in [1.82, 2.24) is 9.88 Å². The first-order valence-electron chi connectivity index (χ1n) is 7.68. The molecule has 0 saturated carbocycles. The maximum atomic E-state index is 12.4. The molecular formula is C17H23Cl2N3O2. The van der Waals surface area contributed by atoms with Crippen molar-refractivity contribution in [1.29, 1.82) is 0 Å². The summed E-state index contributed by atoms with van der Waals surface area (Å²) in [5.41, 5.74) is 7.57. The first-order chi connectivity index (χ1) is 10.6. The van der Waals surface area contributed by atoms with E-state index in [-0.39, 0.29) is 43.2 Å². The summed E-state index contributed by atoms with van der Waals surface area (Å²) in [6.07, 6.45) is 2.24. The third kappa shape index (κ3) is 4.72. The molecule has 1 aliphatic rings. The summed E-state index contributed by atoms with van der Waals surface area (Å²) in [4.78, 5) is 18.7. The monoisotopic (exact) mass is 371 g/mol. The highest BCUT2D eigenvalue weighted by atomic mass is 35.5. The molecular weight excluding hydrogens is 349 g/mol. The Bertz CT molecular complexity index is 661. The van der Waals surface area contributed by atoms with Gasteiger partial charge in [-0.1, -0.05) is 18.2 Å². The number of piperidine rings is 1. The lowest BCUT2D eigenvalue weighted by Gasteiger charge is -2.30. The van der Waals surface area contributed by atoms with E-state index in [1.807, 2.05) is 42.2 Å². The van der Waals surface area contributed by atoms with Crippen LogP contribution in [0.25, 0.3) is 11.5 Å². The second kappa shape index (κ2) is 9.06. The molecule has 24 heavy (non-hydrogen) atoms. The molecule has 0 bridgehead atoms. The quantitative estimate of drug-likeness (QED) is 0.899. The van der Waals surface area contributed by atoms with E-state index in [0.717, 1.165) is 24.9 Å². The number of aromatic nitrogens is 1. The molecule has 1 unspecified atom stereocenters. The largest absolute Gasteiger partial charge is 0.441 e. The molecule has 1 aromatic carbocycles. The van der Waals surface area contributed by atoms with Crippen LogP contribution in [0.2, 0.25) is 0 Å². The van der Waals surface area contributed by atoms with Gasteiger partial charge in [-0.2, -0.15) is 0 Å². The lowest BCUT2D eigenvalue weighted by atomic mass is 10.1. The number of halogens is 2. The highest BCUT2D eigenvalue weighted by Crippen LogP contribution is 2.22. The van der Waals surface area contributed by atoms with E-state index in [4.69, 9.17) is 10.2 Å². The number of rotatable bonds is 3. The zero-order valence-corrected chi connectivity index (χ0v) is 15.2. The molecule has 1 atom stereocenters. The smallest absolute Gasteiger partial charge is 0.228 e. The van der Waals surface area contributed by atoms with E-state index in [1.54, 1.807) is 0 Å². The SMILES string of the molecule is Cc1oc(-c2ccccc2)nc1CC(=O)N1CCCC(N)C1.Cl.Cl. The Morgan fingerprint density at radius 1 is 1.33 bits per heavy atom. The van der Waals surface area contributed by atoms with Crippen molar-refractivity contribution in [3.05, 3.63) is 41.8 Å². The highest BCUT2D eigenvalue weighted by molar-refractivity contribution is 5.85. The molecule has 2 N–H and O–H groups in total. The summed E-state index contributed by atoms with van der Waals surface area (Å²) in [7, 11) is 0. The minimum Gasteiger partial charge on any atom is -0.441 e. The van der Waals surface area contributed by atoms with Crippen LogP contribution >= 0.6 is 24.8 Å². The van der Waals surface area contributed by atoms with Crippen LogP contribution in [0.15, 0.2) is 34.7 Å². The number of amides is 1. The zero-order valence-electron chi connectivity index (χ0n) is 13.6. The van der Waals surface area contributed by atoms with Crippen molar-refractivity contribution >= 4 is 30.7 Å². The summed E-state index contributed by atoms with van der Waals surface area (Å²) in [5.74, 6) is 1.34. The van der Waals surface area contributed by atoms with Gasteiger partial charge in [-0.25, -0.2) is 4.98 Å². The van der Waals surface area contributed by atoms with Gasteiger partial charge >= 0.3 is 0 Å². The van der Waals surface area contributed by atoms with E-state index in [2.05, 4.69) is 4.98 Å². The third-order valence-corrected chi connectivity index (χ3v) is 4.04. The summed E-state index contributed by atoms with van der Waals surface area (Å²) in [6.45, 7) is 3.28. The summed E-state index contributed by atoms with van der Waals surface area (Å²) < 4.78 is 5.70. The van der Waals surface area contributed by atoms with Crippen LogP contribution in [-0.4, -0.2) is 34.9 Å². The predicted molar refractivity (Wildman–Crippen MR) is 98.7 cm³/mol. The Kier molecular flexibility index (Phi) is 7.73. The predicted octanol–water partition coefficient (Wildman–Crippen LogP) is 2.99. The molecule has 3 rings (SSSR count). The molecule has 1 aromatic heterocycles. The second-order valence-electron chi connectivity index (χ2n) is 5.81. The number of carbonyl (C=O) groups is 1. The Balaban J connectivity index is 0.00000144. The molecule has 1 saturated heterocycles. The van der Waals surface area contributed by atoms with Crippen molar-refractivity contribution in [2.75, 3.05) is 13.1 Å². The number of likely N-dealkylation sites (tertiary alicyclic amines) is 1. The van der Waals surface area contributed by atoms with Crippen molar-refractivity contribution in [2.24, 2.45) is 5.73 Å². The van der Waals surface area contributed by atoms with Crippen molar-refractivity contribution in [3.63, 3.8) is 0 Å². The Morgan fingerprint density at radius 2 is 2.04 bits per heavy atom. The standard InChI is InChI=1S/C17H21N3O2.2ClH/c1-12-15(10-16(21)20-9-5-8-14(18)11-20)19-17(22-12)13-6-3-2-4-7-13;;/h2-4,6-7,14H,5,8-11,18H2,1H3;2*1H. The molecule has 2 aromatic rings. The maximum Gasteiger partial charge on any atom is 0.228 e. The Labute approximate surface area is 154 Å². The normalized spacial score (nSPS) is 16.9. The molecule has 0 aliphatic carbocycles. The summed E-state index contributed by atoms with van der Waals surface area (Å²) in [6, 6.07) is 9.81. The van der Waals surface area contributed by atoms with Crippen LogP contribution in [0.1, 0.15) is 24.3 Å². The molecule has 0 spiro atoms. The number of carbonyl (C=O) groups excluding carboxylic acids is 1. The fraction of sp³-hybridized carbons (Fsp3) is 0.412. The van der Waals surface area contributed by atoms with Crippen LogP contribution in [-0.2, 0) is 11.2 Å². The molecule has 5 nitrogen and oxygen atoms in total. The van der Waals surface area contributed by atoms with Crippen LogP contribution in [0.5, 0.6) is 0 Å². The van der Waals surface area contributed by atoms with Gasteiger partial charge in [0.1, 0.15) is 5.76 Å². The minimum atomic E-state index is 0. The molecule has 7 heteroatoms. The molecule has 1 amide bonds. The number of hydrogen-bond donors (Lipinski definition) is 1. The van der Waals surface area contributed by atoms with E-state index in [1.165, 1.54) is 0 Å². The van der Waals surface area contributed by atoms with Gasteiger partial charge in [0.2, 0.25) is 11.8 Å². The fourth-order valence-corrected chi connectivity index (χ4v) is 2.79. The van der Waals surface area contributed by atoms with Crippen molar-refractivity contribution in [2.45, 2.75) is 32.2 Å². The number of nitrogens with two attached hydrogens (primary N) is 1. The average Bonchev–Trinajstić information content (AvgIpc) is 2.89. The third-order valence-electron chi connectivity index (χ3n) is 4.04. The zero-order chi connectivity index (χ0) is 15.5. The lowest BCUT2D eigenvalue weighted by Crippen LogP contribution is -2.46. The van der Waals surface area contributed by atoms with Crippen LogP contribution in [0.3, 0.4) is 0 Å². The Morgan fingerprint density at radius 3 is 2.71 bits per heavy atom. The van der Waals surface area contributed by atoms with Gasteiger partial charge in [-0.15, -0.1) is 24.8 Å². The second-order valence-corrected chi connectivity index (χ2v) is 5.81. The number of nitrogens with zero attached hydrogens (tertiary/aromatic N) is 2. The summed E-state index contributed by atoms with van der Waals surface area (Å²) >= 11 is 0. The van der Waals surface area contributed by atoms with Gasteiger partial charge in [-0.05, 0) is 31.9 Å². The molecule has 132 valence electrons. The van der Waals surface area contributed by atoms with Crippen LogP contribution in [0, 0.1) is 6.92 Å². The van der Waals surface area contributed by atoms with E-state index < -0.39 is 0 Å². The van der Waals surface area contributed by atoms with E-state index >= 15 is 0 Å². The van der Waals surface area contributed by atoms with Gasteiger partial charge in [0.05, 0.1) is 12.1 Å².